The van der Waals surface area contributed by atoms with Crippen LogP contribution in [0.5, 0.6) is 5.75 Å². The van der Waals surface area contributed by atoms with Gasteiger partial charge in [0.2, 0.25) is 0 Å². The third kappa shape index (κ3) is 3.38. The molecule has 1 aromatic carbocycles. The van der Waals surface area contributed by atoms with Crippen LogP contribution in [0.2, 0.25) is 0 Å². The van der Waals surface area contributed by atoms with E-state index in [1.165, 1.54) is 20.0 Å². The topological polar surface area (TPSA) is 44.5 Å². The van der Waals surface area contributed by atoms with E-state index in [1.54, 1.807) is 18.2 Å². The van der Waals surface area contributed by atoms with E-state index in [9.17, 15) is 4.39 Å². The molecule has 1 aliphatic rings. The van der Waals surface area contributed by atoms with Crippen LogP contribution in [0.25, 0.3) is 0 Å². The van der Waals surface area contributed by atoms with Crippen LogP contribution < -0.4 is 10.5 Å². The standard InChI is InChI=1S/C17H26FNO2/c1-3-21-17(11-6-4-5-7-12-17)16(19)13-9-8-10-14(20-2)15(13)18/h8-10,16H,3-7,11-12,19H2,1-2H3. The van der Waals surface area contributed by atoms with E-state index in [1.807, 2.05) is 6.92 Å². The van der Waals surface area contributed by atoms with Gasteiger partial charge in [0.05, 0.1) is 18.8 Å². The van der Waals surface area contributed by atoms with Crippen LogP contribution in [0.1, 0.15) is 57.1 Å². The lowest BCUT2D eigenvalue weighted by atomic mass is 9.82. The molecule has 21 heavy (non-hydrogen) atoms. The van der Waals surface area contributed by atoms with Crippen molar-refractivity contribution < 1.29 is 13.9 Å². The van der Waals surface area contributed by atoms with Crippen molar-refractivity contribution in [1.82, 2.24) is 0 Å². The number of hydrogen-bond acceptors (Lipinski definition) is 3. The maximum Gasteiger partial charge on any atom is 0.169 e. The Bertz CT molecular complexity index is 456. The van der Waals surface area contributed by atoms with E-state index in [0.717, 1.165) is 25.7 Å². The first-order chi connectivity index (χ1) is 10.1. The quantitative estimate of drug-likeness (QED) is 0.836. The Morgan fingerprint density at radius 3 is 2.48 bits per heavy atom. The average molecular weight is 295 g/mol. The molecule has 0 saturated heterocycles. The van der Waals surface area contributed by atoms with Gasteiger partial charge in [0.15, 0.2) is 11.6 Å². The van der Waals surface area contributed by atoms with Crippen LogP contribution in [0.4, 0.5) is 4.39 Å². The zero-order valence-corrected chi connectivity index (χ0v) is 13.0. The van der Waals surface area contributed by atoms with Crippen LogP contribution in [-0.2, 0) is 4.74 Å². The number of hydrogen-bond donors (Lipinski definition) is 1. The second-order valence-corrected chi connectivity index (χ2v) is 5.75. The van der Waals surface area contributed by atoms with Gasteiger partial charge in [-0.05, 0) is 25.8 Å². The minimum absolute atomic E-state index is 0.239. The van der Waals surface area contributed by atoms with E-state index in [-0.39, 0.29) is 11.6 Å². The first kappa shape index (κ1) is 16.2. The van der Waals surface area contributed by atoms with Crippen molar-refractivity contribution in [2.75, 3.05) is 13.7 Å². The van der Waals surface area contributed by atoms with Gasteiger partial charge < -0.3 is 15.2 Å². The summed E-state index contributed by atoms with van der Waals surface area (Å²) in [5.74, 6) is -0.126. The van der Waals surface area contributed by atoms with Gasteiger partial charge in [-0.1, -0.05) is 37.8 Å². The van der Waals surface area contributed by atoms with Crippen molar-refractivity contribution in [2.24, 2.45) is 5.73 Å². The summed E-state index contributed by atoms with van der Waals surface area (Å²) in [4.78, 5) is 0. The van der Waals surface area contributed by atoms with Gasteiger partial charge in [-0.15, -0.1) is 0 Å². The molecule has 1 unspecified atom stereocenters. The number of nitrogens with two attached hydrogens (primary N) is 1. The summed E-state index contributed by atoms with van der Waals surface area (Å²) in [6.45, 7) is 2.57. The molecule has 0 spiro atoms. The fourth-order valence-corrected chi connectivity index (χ4v) is 3.37. The Balaban J connectivity index is 2.35. The lowest BCUT2D eigenvalue weighted by Crippen LogP contribution is -2.44. The van der Waals surface area contributed by atoms with E-state index in [4.69, 9.17) is 15.2 Å². The number of benzene rings is 1. The highest BCUT2D eigenvalue weighted by molar-refractivity contribution is 5.34. The molecule has 0 aliphatic heterocycles. The number of rotatable bonds is 5. The molecule has 1 aromatic rings. The van der Waals surface area contributed by atoms with E-state index >= 15 is 0 Å². The van der Waals surface area contributed by atoms with Crippen molar-refractivity contribution >= 4 is 0 Å². The van der Waals surface area contributed by atoms with Crippen molar-refractivity contribution in [2.45, 2.75) is 57.1 Å². The normalized spacial score (nSPS) is 19.8. The van der Waals surface area contributed by atoms with Crippen LogP contribution >= 0.6 is 0 Å². The van der Waals surface area contributed by atoms with Crippen molar-refractivity contribution in [3.05, 3.63) is 29.6 Å². The van der Waals surface area contributed by atoms with Gasteiger partial charge in [-0.2, -0.15) is 0 Å². The monoisotopic (exact) mass is 295 g/mol. The molecule has 3 nitrogen and oxygen atoms in total. The van der Waals surface area contributed by atoms with Gasteiger partial charge in [-0.25, -0.2) is 4.39 Å². The molecule has 4 heteroatoms. The lowest BCUT2D eigenvalue weighted by Gasteiger charge is -2.38. The van der Waals surface area contributed by atoms with Gasteiger partial charge in [0.25, 0.3) is 0 Å². The molecule has 1 aliphatic carbocycles. The van der Waals surface area contributed by atoms with Crippen LogP contribution in [0.15, 0.2) is 18.2 Å². The van der Waals surface area contributed by atoms with Gasteiger partial charge >= 0.3 is 0 Å². The van der Waals surface area contributed by atoms with Crippen molar-refractivity contribution in [3.63, 3.8) is 0 Å². The van der Waals surface area contributed by atoms with Gasteiger partial charge in [-0.3, -0.25) is 0 Å². The highest BCUT2D eigenvalue weighted by Crippen LogP contribution is 2.41. The van der Waals surface area contributed by atoms with Gasteiger partial charge in [0, 0.05) is 12.2 Å². The molecule has 118 valence electrons. The number of methoxy groups -OCH3 is 1. The van der Waals surface area contributed by atoms with Gasteiger partial charge in [0.1, 0.15) is 0 Å². The predicted octanol–water partition coefficient (Wildman–Crippen LogP) is 3.96. The summed E-state index contributed by atoms with van der Waals surface area (Å²) >= 11 is 0. The molecule has 0 radical (unpaired) electrons. The number of ether oxygens (including phenoxy) is 2. The smallest absolute Gasteiger partial charge is 0.169 e. The Morgan fingerprint density at radius 2 is 1.90 bits per heavy atom. The maximum atomic E-state index is 14.5. The maximum absolute atomic E-state index is 14.5. The molecule has 0 aromatic heterocycles. The average Bonchev–Trinajstić information content (AvgIpc) is 2.74. The van der Waals surface area contributed by atoms with E-state index in [0.29, 0.717) is 12.2 Å². The molecule has 1 saturated carbocycles. The van der Waals surface area contributed by atoms with E-state index in [2.05, 4.69) is 0 Å². The summed E-state index contributed by atoms with van der Waals surface area (Å²) in [7, 11) is 1.47. The fourth-order valence-electron chi connectivity index (χ4n) is 3.37. The Hall–Kier alpha value is -1.13. The van der Waals surface area contributed by atoms with Crippen LogP contribution in [0.3, 0.4) is 0 Å². The summed E-state index contributed by atoms with van der Waals surface area (Å²) in [5.41, 5.74) is 6.49. The highest BCUT2D eigenvalue weighted by atomic mass is 19.1. The molecule has 0 amide bonds. The summed E-state index contributed by atoms with van der Waals surface area (Å²) in [6.07, 6.45) is 6.33. The van der Waals surface area contributed by atoms with Crippen LogP contribution in [0, 0.1) is 5.82 Å². The summed E-state index contributed by atoms with van der Waals surface area (Å²) in [6, 6.07) is 4.68. The molecule has 0 heterocycles. The van der Waals surface area contributed by atoms with Crippen molar-refractivity contribution in [3.8, 4) is 5.75 Å². The zero-order valence-electron chi connectivity index (χ0n) is 13.0. The second kappa shape index (κ2) is 7.23. The third-order valence-corrected chi connectivity index (χ3v) is 4.50. The molecule has 0 bridgehead atoms. The minimum atomic E-state index is -0.467. The number of halogens is 1. The van der Waals surface area contributed by atoms with Crippen LogP contribution in [-0.4, -0.2) is 19.3 Å². The summed E-state index contributed by atoms with van der Waals surface area (Å²) < 4.78 is 25.7. The Kier molecular flexibility index (Phi) is 5.59. The summed E-state index contributed by atoms with van der Waals surface area (Å²) in [5, 5.41) is 0. The SMILES string of the molecule is CCOC1(C(N)c2cccc(OC)c2F)CCCCCC1. The molecule has 1 fully saturated rings. The molecular formula is C17H26FNO2. The fraction of sp³-hybridized carbons (Fsp3) is 0.647. The lowest BCUT2D eigenvalue weighted by molar-refractivity contribution is -0.0702. The van der Waals surface area contributed by atoms with E-state index < -0.39 is 11.6 Å². The Labute approximate surface area is 126 Å². The highest BCUT2D eigenvalue weighted by Gasteiger charge is 2.40. The Morgan fingerprint density at radius 1 is 1.24 bits per heavy atom. The second-order valence-electron chi connectivity index (χ2n) is 5.75. The molecule has 2 N–H and O–H groups in total. The first-order valence-corrected chi connectivity index (χ1v) is 7.86. The predicted molar refractivity (Wildman–Crippen MR) is 81.9 cm³/mol. The third-order valence-electron chi connectivity index (χ3n) is 4.50. The first-order valence-electron chi connectivity index (χ1n) is 7.86. The largest absolute Gasteiger partial charge is 0.494 e. The minimum Gasteiger partial charge on any atom is -0.494 e. The molecule has 1 atom stereocenters. The molecule has 2 rings (SSSR count). The zero-order chi connectivity index (χ0) is 15.3. The molecular weight excluding hydrogens is 269 g/mol. The van der Waals surface area contributed by atoms with Crippen molar-refractivity contribution in [1.29, 1.82) is 0 Å².